The first-order valence-electron chi connectivity index (χ1n) is 13.9. The van der Waals surface area contributed by atoms with Crippen molar-refractivity contribution in [3.05, 3.63) is 123 Å². The zero-order chi connectivity index (χ0) is 32.5. The molecule has 3 aromatic carbocycles. The number of nitrogens with two attached hydrogens (primary N) is 1. The van der Waals surface area contributed by atoms with E-state index in [9.17, 15) is 33.4 Å². The number of benzene rings is 4. The molecule has 230 valence electrons. The van der Waals surface area contributed by atoms with E-state index in [1.54, 1.807) is 6.07 Å². The summed E-state index contributed by atoms with van der Waals surface area (Å²) in [6.45, 7) is 0.214. The van der Waals surface area contributed by atoms with Gasteiger partial charge in [-0.25, -0.2) is 18.6 Å². The molecule has 6 rings (SSSR count). The van der Waals surface area contributed by atoms with Crippen molar-refractivity contribution in [2.45, 2.75) is 19.4 Å². The monoisotopic (exact) mass is 623 g/mol. The number of halogens is 2. The number of carbonyl (C=O) groups excluding carboxylic acids is 1. The number of fused-ring (bicyclic) bond motifs is 2. The molecule has 4 aromatic rings. The van der Waals surface area contributed by atoms with Crippen LogP contribution in [0.2, 0.25) is 0 Å². The van der Waals surface area contributed by atoms with Crippen molar-refractivity contribution in [1.82, 2.24) is 9.97 Å². The molecule has 0 bridgehead atoms. The lowest BCUT2D eigenvalue weighted by atomic mass is 9.89. The number of hydrogen-bond acceptors (Lipinski definition) is 9. The molecule has 0 radical (unpaired) electrons. The molecule has 0 fully saturated rings. The Morgan fingerprint density at radius 1 is 0.913 bits per heavy atom. The number of hydrogen-bond donors (Lipinski definition) is 3. The molecule has 1 aliphatic carbocycles. The Hall–Kier alpha value is -6.17. The molecule has 1 aromatic heterocycles. The van der Waals surface area contributed by atoms with Crippen molar-refractivity contribution in [2.24, 2.45) is 0 Å². The second-order valence-electron chi connectivity index (χ2n) is 10.4. The fraction of sp³-hybridized carbons (Fsp3) is 0.0882. The minimum absolute atomic E-state index is 0.00513. The Morgan fingerprint density at radius 3 is 2.41 bits per heavy atom. The zero-order valence-electron chi connectivity index (χ0n) is 23.8. The first kappa shape index (κ1) is 29.9. The van der Waals surface area contributed by atoms with Crippen LogP contribution in [0.5, 0.6) is 11.8 Å². The largest absolute Gasteiger partial charge is 0.505 e. The summed E-state index contributed by atoms with van der Waals surface area (Å²) in [7, 11) is 0. The van der Waals surface area contributed by atoms with E-state index in [1.807, 2.05) is 24.3 Å². The van der Waals surface area contributed by atoms with E-state index in [-0.39, 0.29) is 69.4 Å². The van der Waals surface area contributed by atoms with Crippen LogP contribution < -0.4 is 15.9 Å². The molecular formula is C34H23F2N3O7. The maximum Gasteiger partial charge on any atom is 0.336 e. The van der Waals surface area contributed by atoms with E-state index in [0.29, 0.717) is 12.2 Å². The van der Waals surface area contributed by atoms with E-state index in [0.717, 1.165) is 35.4 Å². The molecule has 2 heterocycles. The van der Waals surface area contributed by atoms with Crippen molar-refractivity contribution < 1.29 is 37.7 Å². The number of carboxylic acid groups (broad SMARTS) is 1. The van der Waals surface area contributed by atoms with Crippen LogP contribution in [0, 0.1) is 11.6 Å². The molecule has 0 atom stereocenters. The summed E-state index contributed by atoms with van der Waals surface area (Å²) >= 11 is 0. The second-order valence-corrected chi connectivity index (χ2v) is 10.4. The van der Waals surface area contributed by atoms with Gasteiger partial charge in [-0.3, -0.25) is 9.59 Å². The van der Waals surface area contributed by atoms with Gasteiger partial charge >= 0.3 is 12.0 Å². The third kappa shape index (κ3) is 5.95. The van der Waals surface area contributed by atoms with Crippen LogP contribution in [0.4, 0.5) is 14.6 Å². The third-order valence-corrected chi connectivity index (χ3v) is 7.37. The fourth-order valence-corrected chi connectivity index (χ4v) is 5.08. The normalized spacial score (nSPS) is 11.2. The van der Waals surface area contributed by atoms with Crippen molar-refractivity contribution in [1.29, 1.82) is 0 Å². The summed E-state index contributed by atoms with van der Waals surface area (Å²) in [5.74, 6) is -4.41. The number of nitrogen functional groups attached to an aromatic ring is 1. The summed E-state index contributed by atoms with van der Waals surface area (Å²) in [6, 6.07) is 16.8. The molecule has 0 saturated heterocycles. The van der Waals surface area contributed by atoms with Gasteiger partial charge < -0.3 is 25.1 Å². The summed E-state index contributed by atoms with van der Waals surface area (Å²) in [5, 5.41) is 20.1. The number of aromatic hydroxyl groups is 1. The van der Waals surface area contributed by atoms with Crippen LogP contribution in [-0.2, 0) is 13.0 Å². The Kier molecular flexibility index (Phi) is 7.85. The smallest absolute Gasteiger partial charge is 0.336 e. The molecule has 46 heavy (non-hydrogen) atoms. The van der Waals surface area contributed by atoms with Gasteiger partial charge in [0.2, 0.25) is 5.43 Å². The highest BCUT2D eigenvalue weighted by atomic mass is 19.1. The SMILES string of the molecule is Nc1ccnc(OCc2ccc(CCC(=O)c3ccc(-c4c5cc(F)c(=O)cc-5oc5cc(O)c(F)cc45)c(C(=O)O)c3)cc2)n1. The Labute approximate surface area is 258 Å². The number of Topliss-reactive ketones (excluding diaryl/α,β-unsaturated/α-hetero) is 1. The number of phenols is 1. The van der Waals surface area contributed by atoms with Crippen LogP contribution in [0.15, 0.2) is 88.2 Å². The quantitative estimate of drug-likeness (QED) is 0.128. The van der Waals surface area contributed by atoms with E-state index in [2.05, 4.69) is 9.97 Å². The van der Waals surface area contributed by atoms with E-state index < -0.39 is 28.8 Å². The molecular weight excluding hydrogens is 600 g/mol. The number of ether oxygens (including phenoxy) is 1. The highest BCUT2D eigenvalue weighted by molar-refractivity contribution is 6.09. The predicted octanol–water partition coefficient (Wildman–Crippen LogP) is 6.01. The van der Waals surface area contributed by atoms with Gasteiger partial charge in [-0.05, 0) is 47.4 Å². The number of phenolic OH excluding ortho intramolecular Hbond substituents is 1. The van der Waals surface area contributed by atoms with E-state index in [1.165, 1.54) is 24.4 Å². The van der Waals surface area contributed by atoms with Gasteiger partial charge in [0.25, 0.3) is 0 Å². The number of carboxylic acids is 1. The van der Waals surface area contributed by atoms with Gasteiger partial charge in [-0.2, -0.15) is 4.98 Å². The number of aromatic carboxylic acids is 1. The Balaban J connectivity index is 1.27. The maximum absolute atomic E-state index is 14.5. The number of nitrogens with zero attached hydrogens (tertiary/aromatic N) is 2. The molecule has 1 aliphatic heterocycles. The first-order chi connectivity index (χ1) is 22.1. The van der Waals surface area contributed by atoms with Gasteiger partial charge in [0, 0.05) is 46.8 Å². The van der Waals surface area contributed by atoms with Crippen molar-refractivity contribution >= 4 is 28.5 Å². The van der Waals surface area contributed by atoms with Crippen LogP contribution in [0.3, 0.4) is 0 Å². The van der Waals surface area contributed by atoms with Gasteiger partial charge in [-0.15, -0.1) is 0 Å². The predicted molar refractivity (Wildman–Crippen MR) is 163 cm³/mol. The number of aryl methyl sites for hydroxylation is 1. The first-order valence-corrected chi connectivity index (χ1v) is 13.9. The Morgan fingerprint density at radius 2 is 1.67 bits per heavy atom. The molecule has 4 N–H and O–H groups in total. The molecule has 10 nitrogen and oxygen atoms in total. The standard InChI is InChI=1S/C34H23F2N3O7/c35-24-12-22-29(14-27(24)41)46-30-15-28(42)25(36)13-23(30)32(22)20-7-6-19(11-21(20)33(43)44)26(40)8-5-17-1-3-18(4-2-17)16-45-34-38-10-9-31(37)39-34/h1-4,6-7,9-15,41H,5,8,16H2,(H,43,44)(H2,37,38,39). The summed E-state index contributed by atoms with van der Waals surface area (Å²) < 4.78 is 40.1. The fourth-order valence-electron chi connectivity index (χ4n) is 5.08. The molecule has 0 unspecified atom stereocenters. The van der Waals surface area contributed by atoms with E-state index in [4.69, 9.17) is 14.9 Å². The number of anilines is 1. The highest BCUT2D eigenvalue weighted by Crippen LogP contribution is 2.43. The van der Waals surface area contributed by atoms with Gasteiger partial charge in [0.05, 0.1) is 5.56 Å². The minimum atomic E-state index is -1.40. The summed E-state index contributed by atoms with van der Waals surface area (Å²) in [6.07, 6.45) is 1.94. The van der Waals surface area contributed by atoms with Gasteiger partial charge in [0.15, 0.2) is 23.2 Å². The number of ketones is 1. The van der Waals surface area contributed by atoms with Crippen molar-refractivity contribution in [3.8, 4) is 34.2 Å². The Bertz CT molecular complexity index is 2180. The lowest BCUT2D eigenvalue weighted by Gasteiger charge is -2.17. The van der Waals surface area contributed by atoms with Gasteiger partial charge in [-0.1, -0.05) is 36.4 Å². The number of rotatable bonds is 9. The second kappa shape index (κ2) is 12.1. The molecule has 0 saturated carbocycles. The highest BCUT2D eigenvalue weighted by Gasteiger charge is 2.25. The number of carbonyl (C=O) groups is 2. The third-order valence-electron chi connectivity index (χ3n) is 7.37. The van der Waals surface area contributed by atoms with E-state index >= 15 is 0 Å². The summed E-state index contributed by atoms with van der Waals surface area (Å²) in [4.78, 5) is 45.6. The number of aromatic nitrogens is 2. The van der Waals surface area contributed by atoms with Gasteiger partial charge in [0.1, 0.15) is 23.8 Å². The topological polar surface area (TPSA) is 166 Å². The average Bonchev–Trinajstić information content (AvgIpc) is 3.03. The van der Waals surface area contributed by atoms with Crippen molar-refractivity contribution in [2.75, 3.05) is 5.73 Å². The zero-order valence-corrected chi connectivity index (χ0v) is 23.8. The van der Waals surface area contributed by atoms with Crippen LogP contribution >= 0.6 is 0 Å². The van der Waals surface area contributed by atoms with Crippen LogP contribution in [-0.4, -0.2) is 31.9 Å². The molecule has 0 spiro atoms. The average molecular weight is 624 g/mol. The minimum Gasteiger partial charge on any atom is -0.505 e. The van der Waals surface area contributed by atoms with Crippen LogP contribution in [0.25, 0.3) is 33.4 Å². The molecule has 12 heteroatoms. The summed E-state index contributed by atoms with van der Waals surface area (Å²) in [5.41, 5.74) is 6.20. The lowest BCUT2D eigenvalue weighted by Crippen LogP contribution is -2.09. The lowest BCUT2D eigenvalue weighted by molar-refractivity contribution is 0.0697. The van der Waals surface area contributed by atoms with Crippen molar-refractivity contribution in [3.63, 3.8) is 0 Å². The molecule has 0 amide bonds. The molecule has 2 aliphatic rings. The maximum atomic E-state index is 14.5. The van der Waals surface area contributed by atoms with Crippen LogP contribution in [0.1, 0.15) is 38.3 Å².